The Kier molecular flexibility index (Phi) is 6.43. The molecule has 0 aromatic heterocycles. The van der Waals surface area contributed by atoms with Crippen LogP contribution < -0.4 is 25.1 Å². The normalized spacial score (nSPS) is 10.0. The van der Waals surface area contributed by atoms with Crippen LogP contribution in [0.25, 0.3) is 0 Å². The first-order valence-corrected chi connectivity index (χ1v) is 7.96. The van der Waals surface area contributed by atoms with E-state index >= 15 is 0 Å². The van der Waals surface area contributed by atoms with E-state index < -0.39 is 11.8 Å². The number of carbonyl (C=O) groups is 2. The molecule has 26 heavy (non-hydrogen) atoms. The monoisotopic (exact) mass is 358 g/mol. The minimum atomic E-state index is -0.527. The number of hydrogen-bond donors (Lipinski definition) is 2. The van der Waals surface area contributed by atoms with Gasteiger partial charge in [0.1, 0.15) is 17.2 Å². The second-order valence-corrected chi connectivity index (χ2v) is 5.63. The van der Waals surface area contributed by atoms with Crippen molar-refractivity contribution in [3.05, 3.63) is 53.1 Å². The van der Waals surface area contributed by atoms with Crippen molar-refractivity contribution in [3.8, 4) is 17.2 Å². The number of rotatable bonds is 6. The van der Waals surface area contributed by atoms with E-state index in [9.17, 15) is 9.59 Å². The first-order valence-electron chi connectivity index (χ1n) is 7.96. The van der Waals surface area contributed by atoms with Crippen LogP contribution in [0.15, 0.2) is 36.4 Å². The van der Waals surface area contributed by atoms with Gasteiger partial charge in [0.15, 0.2) is 6.61 Å². The average Bonchev–Trinajstić information content (AvgIpc) is 2.66. The molecule has 0 unspecified atom stereocenters. The van der Waals surface area contributed by atoms with Gasteiger partial charge in [-0.15, -0.1) is 0 Å². The van der Waals surface area contributed by atoms with Crippen LogP contribution in [0.4, 0.5) is 0 Å². The number of nitrogens with one attached hydrogen (secondary N) is 2. The molecule has 0 aliphatic rings. The predicted molar refractivity (Wildman–Crippen MR) is 96.6 cm³/mol. The molecular formula is C19H22N2O5. The zero-order valence-corrected chi connectivity index (χ0v) is 15.2. The zero-order chi connectivity index (χ0) is 19.1. The summed E-state index contributed by atoms with van der Waals surface area (Å²) >= 11 is 0. The molecule has 2 aromatic rings. The maximum absolute atomic E-state index is 12.3. The highest BCUT2D eigenvalue weighted by Crippen LogP contribution is 2.23. The van der Waals surface area contributed by atoms with Gasteiger partial charge in [0.05, 0.1) is 19.8 Å². The highest BCUT2D eigenvalue weighted by molar-refractivity contribution is 5.98. The van der Waals surface area contributed by atoms with Gasteiger partial charge >= 0.3 is 0 Å². The van der Waals surface area contributed by atoms with Crippen LogP contribution in [0, 0.1) is 13.8 Å². The third kappa shape index (κ3) is 4.89. The number of methoxy groups -OCH3 is 2. The second-order valence-electron chi connectivity index (χ2n) is 5.63. The standard InChI is InChI=1S/C19H22N2O5/c1-12-5-6-13(2)17(9-12)26-11-18(22)20-21-19(23)15-10-14(24-3)7-8-16(15)25-4/h5-10H,11H2,1-4H3,(H,20,22)(H,21,23). The molecule has 0 bridgehead atoms. The molecule has 0 spiro atoms. The van der Waals surface area contributed by atoms with Gasteiger partial charge in [-0.1, -0.05) is 12.1 Å². The van der Waals surface area contributed by atoms with Crippen LogP contribution in [-0.4, -0.2) is 32.6 Å². The van der Waals surface area contributed by atoms with Crippen LogP contribution in [0.5, 0.6) is 17.2 Å². The molecule has 7 heteroatoms. The number of amides is 2. The molecule has 0 heterocycles. The summed E-state index contributed by atoms with van der Waals surface area (Å²) in [5, 5.41) is 0. The van der Waals surface area contributed by atoms with Crippen LogP contribution >= 0.6 is 0 Å². The molecule has 2 aromatic carbocycles. The summed E-state index contributed by atoms with van der Waals surface area (Å²) < 4.78 is 15.7. The summed E-state index contributed by atoms with van der Waals surface area (Å²) in [6, 6.07) is 10.5. The fourth-order valence-electron chi connectivity index (χ4n) is 2.23. The maximum atomic E-state index is 12.3. The second kappa shape index (κ2) is 8.75. The molecule has 138 valence electrons. The lowest BCUT2D eigenvalue weighted by molar-refractivity contribution is -0.123. The average molecular weight is 358 g/mol. The zero-order valence-electron chi connectivity index (χ0n) is 15.2. The number of benzene rings is 2. The Morgan fingerprint density at radius 1 is 0.923 bits per heavy atom. The van der Waals surface area contributed by atoms with E-state index in [1.165, 1.54) is 20.3 Å². The number of ether oxygens (including phenoxy) is 3. The minimum Gasteiger partial charge on any atom is -0.497 e. The molecule has 2 N–H and O–H groups in total. The van der Waals surface area contributed by atoms with Crippen molar-refractivity contribution in [1.82, 2.24) is 10.9 Å². The lowest BCUT2D eigenvalue weighted by atomic mass is 10.1. The van der Waals surface area contributed by atoms with Gasteiger partial charge < -0.3 is 14.2 Å². The number of hydrogen-bond acceptors (Lipinski definition) is 5. The van der Waals surface area contributed by atoms with Gasteiger partial charge in [0.25, 0.3) is 11.8 Å². The summed E-state index contributed by atoms with van der Waals surface area (Å²) in [5.74, 6) is 0.479. The minimum absolute atomic E-state index is 0.222. The van der Waals surface area contributed by atoms with Gasteiger partial charge in [-0.25, -0.2) is 0 Å². The fourth-order valence-corrected chi connectivity index (χ4v) is 2.23. The largest absolute Gasteiger partial charge is 0.497 e. The quantitative estimate of drug-likeness (QED) is 0.773. The Morgan fingerprint density at radius 2 is 1.69 bits per heavy atom. The molecule has 2 rings (SSSR count). The topological polar surface area (TPSA) is 85.9 Å². The van der Waals surface area contributed by atoms with Gasteiger partial charge in [-0.3, -0.25) is 20.4 Å². The summed E-state index contributed by atoms with van der Waals surface area (Å²) in [7, 11) is 2.95. The Bertz CT molecular complexity index is 805. The van der Waals surface area contributed by atoms with E-state index in [2.05, 4.69) is 10.9 Å². The fraction of sp³-hybridized carbons (Fsp3) is 0.263. The lowest BCUT2D eigenvalue weighted by Crippen LogP contribution is -2.44. The van der Waals surface area contributed by atoms with Crippen LogP contribution in [-0.2, 0) is 4.79 Å². The Labute approximate surface area is 152 Å². The maximum Gasteiger partial charge on any atom is 0.276 e. The van der Waals surface area contributed by atoms with Crippen molar-refractivity contribution in [3.63, 3.8) is 0 Å². The van der Waals surface area contributed by atoms with Crippen molar-refractivity contribution in [2.45, 2.75) is 13.8 Å². The SMILES string of the molecule is COc1ccc(OC)c(C(=O)NNC(=O)COc2cc(C)ccc2C)c1. The Balaban J connectivity index is 1.93. The molecule has 0 aliphatic carbocycles. The third-order valence-electron chi connectivity index (χ3n) is 3.67. The highest BCUT2D eigenvalue weighted by atomic mass is 16.5. The van der Waals surface area contributed by atoms with Crippen molar-refractivity contribution < 1.29 is 23.8 Å². The van der Waals surface area contributed by atoms with Crippen LogP contribution in [0.3, 0.4) is 0 Å². The molecule has 0 saturated carbocycles. The van der Waals surface area contributed by atoms with Crippen LogP contribution in [0.2, 0.25) is 0 Å². The van der Waals surface area contributed by atoms with E-state index in [-0.39, 0.29) is 12.2 Å². The summed E-state index contributed by atoms with van der Waals surface area (Å²) in [5.41, 5.74) is 6.84. The summed E-state index contributed by atoms with van der Waals surface area (Å²) in [6.07, 6.45) is 0. The van der Waals surface area contributed by atoms with E-state index in [1.807, 2.05) is 32.0 Å². The van der Waals surface area contributed by atoms with Crippen molar-refractivity contribution in [1.29, 1.82) is 0 Å². The van der Waals surface area contributed by atoms with E-state index in [0.717, 1.165) is 11.1 Å². The summed E-state index contributed by atoms with van der Waals surface area (Å²) in [4.78, 5) is 24.2. The van der Waals surface area contributed by atoms with Gasteiger partial charge in [0, 0.05) is 0 Å². The van der Waals surface area contributed by atoms with Crippen molar-refractivity contribution in [2.75, 3.05) is 20.8 Å². The van der Waals surface area contributed by atoms with Crippen molar-refractivity contribution >= 4 is 11.8 Å². The third-order valence-corrected chi connectivity index (χ3v) is 3.67. The Hall–Kier alpha value is -3.22. The number of aryl methyl sites for hydroxylation is 2. The van der Waals surface area contributed by atoms with Crippen molar-refractivity contribution in [2.24, 2.45) is 0 Å². The summed E-state index contributed by atoms with van der Waals surface area (Å²) in [6.45, 7) is 3.61. The Morgan fingerprint density at radius 3 is 2.38 bits per heavy atom. The van der Waals surface area contributed by atoms with Gasteiger partial charge in [-0.05, 0) is 49.2 Å². The molecule has 0 aliphatic heterocycles. The van der Waals surface area contributed by atoms with Gasteiger partial charge in [0.2, 0.25) is 0 Å². The molecule has 0 atom stereocenters. The molecule has 0 saturated heterocycles. The first-order chi connectivity index (χ1) is 12.4. The molecular weight excluding hydrogens is 336 g/mol. The number of carbonyl (C=O) groups excluding carboxylic acids is 2. The van der Waals surface area contributed by atoms with E-state index in [0.29, 0.717) is 17.2 Å². The predicted octanol–water partition coefficient (Wildman–Crippen LogP) is 2.16. The van der Waals surface area contributed by atoms with Crippen LogP contribution in [0.1, 0.15) is 21.5 Å². The number of hydrazine groups is 1. The smallest absolute Gasteiger partial charge is 0.276 e. The molecule has 7 nitrogen and oxygen atoms in total. The first kappa shape index (κ1) is 19.1. The lowest BCUT2D eigenvalue weighted by Gasteiger charge is -2.13. The van der Waals surface area contributed by atoms with E-state index in [1.54, 1.807) is 12.1 Å². The van der Waals surface area contributed by atoms with E-state index in [4.69, 9.17) is 14.2 Å². The highest BCUT2D eigenvalue weighted by Gasteiger charge is 2.14. The molecule has 0 fully saturated rings. The molecule has 0 radical (unpaired) electrons. The molecule has 2 amide bonds. The van der Waals surface area contributed by atoms with Gasteiger partial charge in [-0.2, -0.15) is 0 Å².